The zero-order valence-electron chi connectivity index (χ0n) is 15.4. The summed E-state index contributed by atoms with van der Waals surface area (Å²) in [5.74, 6) is 2.28. The maximum absolute atomic E-state index is 12.2. The van der Waals surface area contributed by atoms with Gasteiger partial charge in [-0.2, -0.15) is 0 Å². The maximum atomic E-state index is 12.2. The van der Waals surface area contributed by atoms with Crippen LogP contribution in [0.25, 0.3) is 11.5 Å². The van der Waals surface area contributed by atoms with Gasteiger partial charge in [0.2, 0.25) is 11.8 Å². The van der Waals surface area contributed by atoms with Crippen molar-refractivity contribution in [1.29, 1.82) is 0 Å². The number of hydrogen-bond acceptors (Lipinski definition) is 5. The standard InChI is InChI=1S/C20H27N3O2S.ClH/c21-11-18(15-7-3-1-4-8-15)23-19(24)14-26-13-17-12-25-20(22-17)16-9-5-2-6-10-16;/h2,5-6,9-10,12,15,18H,1,3-4,7-8,11,13-14,21H2,(H,23,24);1H. The minimum absolute atomic E-state index is 0. The molecule has 0 bridgehead atoms. The lowest BCUT2D eigenvalue weighted by Crippen LogP contribution is -2.46. The SMILES string of the molecule is Cl.NCC(NC(=O)CSCc1coc(-c2ccccc2)n1)C1CCCCC1. The summed E-state index contributed by atoms with van der Waals surface area (Å²) < 4.78 is 5.53. The lowest BCUT2D eigenvalue weighted by molar-refractivity contribution is -0.119. The first-order valence-electron chi connectivity index (χ1n) is 9.33. The molecular formula is C20H28ClN3O2S. The highest BCUT2D eigenvalue weighted by atomic mass is 35.5. The van der Waals surface area contributed by atoms with Crippen LogP contribution >= 0.6 is 24.2 Å². The Balaban J connectivity index is 0.00000261. The van der Waals surface area contributed by atoms with Gasteiger partial charge in [0.15, 0.2) is 0 Å². The number of amides is 1. The highest BCUT2D eigenvalue weighted by molar-refractivity contribution is 7.99. The summed E-state index contributed by atoms with van der Waals surface area (Å²) >= 11 is 1.55. The number of carbonyl (C=O) groups excluding carboxylic acids is 1. The van der Waals surface area contributed by atoms with E-state index < -0.39 is 0 Å². The Morgan fingerprint density at radius 1 is 1.26 bits per heavy atom. The van der Waals surface area contributed by atoms with Crippen LogP contribution in [0, 0.1) is 5.92 Å². The van der Waals surface area contributed by atoms with Crippen molar-refractivity contribution in [2.75, 3.05) is 12.3 Å². The molecule has 2 aromatic rings. The Bertz CT molecular complexity index is 690. The van der Waals surface area contributed by atoms with Crippen LogP contribution in [0.1, 0.15) is 37.8 Å². The van der Waals surface area contributed by atoms with E-state index in [1.807, 2.05) is 30.3 Å². The molecule has 1 amide bonds. The van der Waals surface area contributed by atoms with E-state index in [1.165, 1.54) is 32.1 Å². The summed E-state index contributed by atoms with van der Waals surface area (Å²) in [6, 6.07) is 9.92. The van der Waals surface area contributed by atoms with E-state index in [9.17, 15) is 4.79 Å². The third kappa shape index (κ3) is 6.55. The number of aromatic nitrogens is 1. The van der Waals surface area contributed by atoms with E-state index in [0.717, 1.165) is 11.3 Å². The highest BCUT2D eigenvalue weighted by Gasteiger charge is 2.23. The maximum Gasteiger partial charge on any atom is 0.230 e. The van der Waals surface area contributed by atoms with Gasteiger partial charge in [0.25, 0.3) is 0 Å². The summed E-state index contributed by atoms with van der Waals surface area (Å²) in [6.07, 6.45) is 7.83. The zero-order chi connectivity index (χ0) is 18.2. The second kappa shape index (κ2) is 11.4. The molecule has 1 fully saturated rings. The Morgan fingerprint density at radius 2 is 2.00 bits per heavy atom. The molecule has 0 saturated heterocycles. The van der Waals surface area contributed by atoms with Crippen molar-refractivity contribution >= 4 is 30.1 Å². The summed E-state index contributed by atoms with van der Waals surface area (Å²) in [5, 5.41) is 3.13. The largest absolute Gasteiger partial charge is 0.444 e. The van der Waals surface area contributed by atoms with Gasteiger partial charge in [-0.3, -0.25) is 4.79 Å². The molecule has 1 atom stereocenters. The van der Waals surface area contributed by atoms with E-state index in [0.29, 0.717) is 29.9 Å². The van der Waals surface area contributed by atoms with Gasteiger partial charge in [-0.1, -0.05) is 37.5 Å². The number of nitrogens with two attached hydrogens (primary N) is 1. The molecule has 5 nitrogen and oxygen atoms in total. The topological polar surface area (TPSA) is 81.1 Å². The van der Waals surface area contributed by atoms with Crippen molar-refractivity contribution in [2.45, 2.75) is 43.9 Å². The summed E-state index contributed by atoms with van der Waals surface area (Å²) in [6.45, 7) is 0.519. The van der Waals surface area contributed by atoms with E-state index in [2.05, 4.69) is 10.3 Å². The molecule has 7 heteroatoms. The van der Waals surface area contributed by atoms with Crippen LogP contribution < -0.4 is 11.1 Å². The molecule has 1 aliphatic rings. The molecule has 27 heavy (non-hydrogen) atoms. The predicted octanol–water partition coefficient (Wildman–Crippen LogP) is 4.02. The normalized spacial score (nSPS) is 15.7. The summed E-state index contributed by atoms with van der Waals surface area (Å²) in [5.41, 5.74) is 7.70. The van der Waals surface area contributed by atoms with Gasteiger partial charge in [0.1, 0.15) is 6.26 Å². The summed E-state index contributed by atoms with van der Waals surface area (Å²) in [7, 11) is 0. The lowest BCUT2D eigenvalue weighted by Gasteiger charge is -2.30. The fourth-order valence-electron chi connectivity index (χ4n) is 3.49. The second-order valence-corrected chi connectivity index (χ2v) is 7.80. The molecule has 0 spiro atoms. The first kappa shape index (κ1) is 21.8. The Labute approximate surface area is 171 Å². The number of nitrogens with one attached hydrogen (secondary N) is 1. The number of benzene rings is 1. The van der Waals surface area contributed by atoms with Crippen molar-refractivity contribution in [2.24, 2.45) is 11.7 Å². The van der Waals surface area contributed by atoms with E-state index >= 15 is 0 Å². The Morgan fingerprint density at radius 3 is 2.70 bits per heavy atom. The molecule has 3 N–H and O–H groups in total. The molecule has 0 aliphatic heterocycles. The lowest BCUT2D eigenvalue weighted by atomic mass is 9.84. The molecule has 1 unspecified atom stereocenters. The van der Waals surface area contributed by atoms with Crippen molar-refractivity contribution < 1.29 is 9.21 Å². The van der Waals surface area contributed by atoms with Crippen molar-refractivity contribution in [1.82, 2.24) is 10.3 Å². The predicted molar refractivity (Wildman–Crippen MR) is 113 cm³/mol. The van der Waals surface area contributed by atoms with Gasteiger partial charge in [-0.25, -0.2) is 4.98 Å². The quantitative estimate of drug-likeness (QED) is 0.688. The molecule has 1 aliphatic carbocycles. The number of halogens is 1. The molecule has 0 radical (unpaired) electrons. The third-order valence-electron chi connectivity index (χ3n) is 4.87. The van der Waals surface area contributed by atoms with Crippen LogP contribution in [0.5, 0.6) is 0 Å². The number of carbonyl (C=O) groups is 1. The minimum Gasteiger partial charge on any atom is -0.444 e. The molecular weight excluding hydrogens is 382 g/mol. The van der Waals surface area contributed by atoms with Gasteiger partial charge in [-0.15, -0.1) is 24.2 Å². The number of hydrogen-bond donors (Lipinski definition) is 2. The van der Waals surface area contributed by atoms with Crippen LogP contribution in [-0.4, -0.2) is 29.2 Å². The van der Waals surface area contributed by atoms with Crippen LogP contribution in [0.4, 0.5) is 0 Å². The van der Waals surface area contributed by atoms with Gasteiger partial charge in [0, 0.05) is 23.9 Å². The van der Waals surface area contributed by atoms with Gasteiger partial charge in [-0.05, 0) is 30.9 Å². The van der Waals surface area contributed by atoms with Crippen LogP contribution in [0.3, 0.4) is 0 Å². The fraction of sp³-hybridized carbons (Fsp3) is 0.500. The number of rotatable bonds is 8. The fourth-order valence-corrected chi connectivity index (χ4v) is 4.20. The first-order chi connectivity index (χ1) is 12.8. The Hall–Kier alpha value is -1.50. The van der Waals surface area contributed by atoms with E-state index in [-0.39, 0.29) is 24.4 Å². The van der Waals surface area contributed by atoms with E-state index in [4.69, 9.17) is 10.2 Å². The van der Waals surface area contributed by atoms with E-state index in [1.54, 1.807) is 18.0 Å². The molecule has 3 rings (SSSR count). The zero-order valence-corrected chi connectivity index (χ0v) is 17.1. The number of oxazole rings is 1. The second-order valence-electron chi connectivity index (χ2n) is 6.81. The van der Waals surface area contributed by atoms with Crippen LogP contribution in [0.15, 0.2) is 41.0 Å². The highest BCUT2D eigenvalue weighted by Crippen LogP contribution is 2.26. The van der Waals surface area contributed by atoms with Crippen LogP contribution in [-0.2, 0) is 10.5 Å². The van der Waals surface area contributed by atoms with Crippen LogP contribution in [0.2, 0.25) is 0 Å². The third-order valence-corrected chi connectivity index (χ3v) is 5.84. The first-order valence-corrected chi connectivity index (χ1v) is 10.5. The Kier molecular flexibility index (Phi) is 9.18. The molecule has 1 saturated carbocycles. The monoisotopic (exact) mass is 409 g/mol. The summed E-state index contributed by atoms with van der Waals surface area (Å²) in [4.78, 5) is 16.7. The van der Waals surface area contributed by atoms with Crippen molar-refractivity contribution in [3.05, 3.63) is 42.3 Å². The van der Waals surface area contributed by atoms with Gasteiger partial charge in [0.05, 0.1) is 11.4 Å². The average molecular weight is 410 g/mol. The molecule has 148 valence electrons. The molecule has 1 heterocycles. The molecule has 1 aromatic heterocycles. The smallest absolute Gasteiger partial charge is 0.230 e. The minimum atomic E-state index is 0. The van der Waals surface area contributed by atoms with Crippen molar-refractivity contribution in [3.63, 3.8) is 0 Å². The number of thioether (sulfide) groups is 1. The number of nitrogens with zero attached hydrogens (tertiary/aromatic N) is 1. The van der Waals surface area contributed by atoms with Gasteiger partial charge >= 0.3 is 0 Å². The average Bonchev–Trinajstić information content (AvgIpc) is 3.16. The van der Waals surface area contributed by atoms with Crippen molar-refractivity contribution in [3.8, 4) is 11.5 Å². The van der Waals surface area contributed by atoms with Gasteiger partial charge < -0.3 is 15.5 Å². The molecule has 1 aromatic carbocycles.